The van der Waals surface area contributed by atoms with Gasteiger partial charge in [0.1, 0.15) is 5.52 Å². The summed E-state index contributed by atoms with van der Waals surface area (Å²) in [6.45, 7) is 4.02. The second-order valence-corrected chi connectivity index (χ2v) is 9.18. The van der Waals surface area contributed by atoms with Gasteiger partial charge >= 0.3 is 0 Å². The molecule has 0 saturated heterocycles. The Labute approximate surface area is 211 Å². The van der Waals surface area contributed by atoms with E-state index in [0.717, 1.165) is 33.2 Å². The number of carbonyl (C=O) groups is 1. The monoisotopic (exact) mass is 489 g/mol. The van der Waals surface area contributed by atoms with Crippen LogP contribution in [0.2, 0.25) is 0 Å². The van der Waals surface area contributed by atoms with Gasteiger partial charge < -0.3 is 10.3 Å². The van der Waals surface area contributed by atoms with Crippen LogP contribution < -0.4 is 5.32 Å². The van der Waals surface area contributed by atoms with Crippen LogP contribution in [0.3, 0.4) is 0 Å². The van der Waals surface area contributed by atoms with E-state index in [0.29, 0.717) is 34.8 Å². The first-order valence-corrected chi connectivity index (χ1v) is 11.9. The van der Waals surface area contributed by atoms with Crippen molar-refractivity contribution in [1.82, 2.24) is 40.1 Å². The number of aromatic amines is 2. The normalized spacial score (nSPS) is 11.4. The molecule has 6 aromatic heterocycles. The van der Waals surface area contributed by atoms with E-state index in [2.05, 4.69) is 35.5 Å². The third-order valence-electron chi connectivity index (χ3n) is 5.93. The zero-order chi connectivity index (χ0) is 25.4. The average molecular weight is 490 g/mol. The van der Waals surface area contributed by atoms with Crippen LogP contribution in [0.15, 0.2) is 67.5 Å². The predicted octanol–water partition coefficient (Wildman–Crippen LogP) is 5.00. The van der Waals surface area contributed by atoms with Crippen molar-refractivity contribution in [2.24, 2.45) is 5.92 Å². The van der Waals surface area contributed by atoms with Crippen LogP contribution in [-0.2, 0) is 4.79 Å². The molecule has 0 aromatic carbocycles. The van der Waals surface area contributed by atoms with Gasteiger partial charge in [0.05, 0.1) is 40.3 Å². The standard InChI is InChI=1S/C27H23N9O/c1-15(2)9-23(37)31-18-10-17(11-29-12-18)20-3-4-21-25(32-20)26(36-35-21)27-33-22-14-30-13-19(24(22)34-27)16-5-7-28-8-6-16/h3-8,10-15H,9H2,1-2H3,(H,31,37)(H,33,34)(H,35,36). The highest BCUT2D eigenvalue weighted by atomic mass is 16.1. The Morgan fingerprint density at radius 3 is 2.57 bits per heavy atom. The SMILES string of the molecule is CC(C)CC(=O)Nc1cncc(-c2ccc3[nH]nc(-c4nc5c(-c6ccncc6)cncc5[nH]4)c3n2)c1. The molecule has 6 heterocycles. The smallest absolute Gasteiger partial charge is 0.224 e. The van der Waals surface area contributed by atoms with E-state index in [-0.39, 0.29) is 11.8 Å². The molecule has 0 aliphatic rings. The van der Waals surface area contributed by atoms with Crippen LogP contribution in [0.25, 0.3) is 56.0 Å². The largest absolute Gasteiger partial charge is 0.335 e. The fourth-order valence-electron chi connectivity index (χ4n) is 4.24. The van der Waals surface area contributed by atoms with Crippen molar-refractivity contribution in [3.8, 4) is 33.9 Å². The lowest BCUT2D eigenvalue weighted by molar-refractivity contribution is -0.116. The number of H-pyrrole nitrogens is 2. The summed E-state index contributed by atoms with van der Waals surface area (Å²) in [5.74, 6) is 0.816. The number of nitrogens with one attached hydrogen (secondary N) is 3. The van der Waals surface area contributed by atoms with Crippen LogP contribution in [0.5, 0.6) is 0 Å². The number of nitrogens with zero attached hydrogens (tertiary/aromatic N) is 6. The number of amides is 1. The van der Waals surface area contributed by atoms with Crippen molar-refractivity contribution >= 4 is 33.7 Å². The molecular weight excluding hydrogens is 466 g/mol. The van der Waals surface area contributed by atoms with Gasteiger partial charge in [0.15, 0.2) is 11.5 Å². The summed E-state index contributed by atoms with van der Waals surface area (Å²) in [5.41, 5.74) is 7.63. The third-order valence-corrected chi connectivity index (χ3v) is 5.93. The Balaban J connectivity index is 1.38. The molecule has 37 heavy (non-hydrogen) atoms. The molecule has 10 nitrogen and oxygen atoms in total. The molecule has 3 N–H and O–H groups in total. The molecule has 1 amide bonds. The van der Waals surface area contributed by atoms with Crippen LogP contribution in [-0.4, -0.2) is 46.0 Å². The van der Waals surface area contributed by atoms with Crippen LogP contribution in [0, 0.1) is 5.92 Å². The minimum atomic E-state index is -0.0417. The summed E-state index contributed by atoms with van der Waals surface area (Å²) in [5, 5.41) is 10.5. The van der Waals surface area contributed by atoms with E-state index in [1.807, 2.05) is 44.2 Å². The fraction of sp³-hybridized carbons (Fsp3) is 0.148. The minimum absolute atomic E-state index is 0.0417. The first kappa shape index (κ1) is 22.5. The second-order valence-electron chi connectivity index (χ2n) is 9.18. The highest BCUT2D eigenvalue weighted by molar-refractivity contribution is 5.96. The van der Waals surface area contributed by atoms with Gasteiger partial charge in [-0.05, 0) is 41.8 Å². The molecule has 0 aliphatic carbocycles. The Kier molecular flexibility index (Phi) is 5.61. The third kappa shape index (κ3) is 4.40. The summed E-state index contributed by atoms with van der Waals surface area (Å²) in [7, 11) is 0. The first-order valence-electron chi connectivity index (χ1n) is 11.9. The van der Waals surface area contributed by atoms with Gasteiger partial charge in [0, 0.05) is 42.3 Å². The topological polar surface area (TPSA) is 138 Å². The lowest BCUT2D eigenvalue weighted by atomic mass is 10.1. The summed E-state index contributed by atoms with van der Waals surface area (Å²) in [6, 6.07) is 9.54. The van der Waals surface area contributed by atoms with E-state index < -0.39 is 0 Å². The van der Waals surface area contributed by atoms with Crippen molar-refractivity contribution in [3.63, 3.8) is 0 Å². The summed E-state index contributed by atoms with van der Waals surface area (Å²) < 4.78 is 0. The Morgan fingerprint density at radius 2 is 1.73 bits per heavy atom. The predicted molar refractivity (Wildman–Crippen MR) is 141 cm³/mol. The van der Waals surface area contributed by atoms with E-state index in [1.165, 1.54) is 0 Å². The van der Waals surface area contributed by atoms with E-state index in [4.69, 9.17) is 9.97 Å². The number of imidazole rings is 1. The molecule has 0 atom stereocenters. The molecule has 0 radical (unpaired) electrons. The number of aromatic nitrogens is 8. The zero-order valence-electron chi connectivity index (χ0n) is 20.2. The second kappa shape index (κ2) is 9.23. The highest BCUT2D eigenvalue weighted by Crippen LogP contribution is 2.31. The van der Waals surface area contributed by atoms with Crippen LogP contribution in [0.1, 0.15) is 20.3 Å². The van der Waals surface area contributed by atoms with E-state index in [9.17, 15) is 4.79 Å². The minimum Gasteiger partial charge on any atom is -0.335 e. The summed E-state index contributed by atoms with van der Waals surface area (Å²) >= 11 is 0. The molecular formula is C27H23N9O. The summed E-state index contributed by atoms with van der Waals surface area (Å²) in [4.78, 5) is 38.0. The van der Waals surface area contributed by atoms with Gasteiger partial charge in [0.2, 0.25) is 5.91 Å². The maximum atomic E-state index is 12.2. The number of carbonyl (C=O) groups excluding carboxylic acids is 1. The van der Waals surface area contributed by atoms with Gasteiger partial charge in [0.25, 0.3) is 0 Å². The Bertz CT molecular complexity index is 1740. The van der Waals surface area contributed by atoms with Crippen molar-refractivity contribution in [1.29, 1.82) is 0 Å². The number of hydrogen-bond donors (Lipinski definition) is 3. The van der Waals surface area contributed by atoms with Crippen molar-refractivity contribution < 1.29 is 4.79 Å². The van der Waals surface area contributed by atoms with Crippen molar-refractivity contribution in [2.75, 3.05) is 5.32 Å². The van der Waals surface area contributed by atoms with Crippen LogP contribution >= 0.6 is 0 Å². The quantitative estimate of drug-likeness (QED) is 0.299. The Hall–Kier alpha value is -4.99. The molecule has 6 rings (SSSR count). The molecule has 6 aromatic rings. The average Bonchev–Trinajstić information content (AvgIpc) is 3.52. The molecule has 10 heteroatoms. The van der Waals surface area contributed by atoms with Crippen LogP contribution in [0.4, 0.5) is 5.69 Å². The van der Waals surface area contributed by atoms with Gasteiger partial charge in [-0.15, -0.1) is 0 Å². The molecule has 0 spiro atoms. The molecule has 182 valence electrons. The van der Waals surface area contributed by atoms with Gasteiger partial charge in [-0.1, -0.05) is 13.8 Å². The molecule has 0 aliphatic heterocycles. The maximum Gasteiger partial charge on any atom is 0.224 e. The highest BCUT2D eigenvalue weighted by Gasteiger charge is 2.17. The van der Waals surface area contributed by atoms with Gasteiger partial charge in [-0.25, -0.2) is 9.97 Å². The Morgan fingerprint density at radius 1 is 0.892 bits per heavy atom. The fourth-order valence-corrected chi connectivity index (χ4v) is 4.24. The van der Waals surface area contributed by atoms with Gasteiger partial charge in [-0.3, -0.25) is 24.8 Å². The van der Waals surface area contributed by atoms with Gasteiger partial charge in [-0.2, -0.15) is 5.10 Å². The lowest BCUT2D eigenvalue weighted by Gasteiger charge is -2.08. The number of rotatable bonds is 6. The number of hydrogen-bond acceptors (Lipinski definition) is 7. The van der Waals surface area contributed by atoms with Crippen molar-refractivity contribution in [2.45, 2.75) is 20.3 Å². The van der Waals surface area contributed by atoms with E-state index in [1.54, 1.807) is 37.2 Å². The maximum absolute atomic E-state index is 12.2. The number of anilines is 1. The molecule has 0 unspecified atom stereocenters. The summed E-state index contributed by atoms with van der Waals surface area (Å²) in [6.07, 6.45) is 10.8. The van der Waals surface area contributed by atoms with E-state index >= 15 is 0 Å². The molecule has 0 fully saturated rings. The molecule has 0 saturated carbocycles. The lowest BCUT2D eigenvalue weighted by Crippen LogP contribution is -2.14. The molecule has 0 bridgehead atoms. The zero-order valence-corrected chi connectivity index (χ0v) is 20.2. The first-order chi connectivity index (χ1) is 18.0. The number of pyridine rings is 4. The van der Waals surface area contributed by atoms with Crippen molar-refractivity contribution in [3.05, 3.63) is 67.5 Å². The number of fused-ring (bicyclic) bond motifs is 2.